The van der Waals surface area contributed by atoms with E-state index in [0.29, 0.717) is 17.2 Å². The molecule has 0 aliphatic carbocycles. The molecule has 0 N–H and O–H groups in total. The lowest BCUT2D eigenvalue weighted by molar-refractivity contribution is 0.517. The molecule has 3 nitrogen and oxygen atoms in total. The molecule has 2 aromatic carbocycles. The molecule has 0 fully saturated rings. The molecular formula is C16H14ClNO2. The minimum atomic E-state index is -0.358. The van der Waals surface area contributed by atoms with E-state index in [2.05, 4.69) is 18.2 Å². The first-order valence-corrected chi connectivity index (χ1v) is 6.77. The second-order valence-corrected chi connectivity index (χ2v) is 5.43. The van der Waals surface area contributed by atoms with Crippen LogP contribution in [0.2, 0.25) is 5.02 Å². The number of rotatable bonds is 2. The molecule has 3 aromatic rings. The quantitative estimate of drug-likeness (QED) is 0.716. The van der Waals surface area contributed by atoms with Crippen molar-refractivity contribution in [3.63, 3.8) is 0 Å². The lowest BCUT2D eigenvalue weighted by Crippen LogP contribution is -2.15. The number of hydrogen-bond acceptors (Lipinski definition) is 2. The molecule has 0 radical (unpaired) electrons. The van der Waals surface area contributed by atoms with Gasteiger partial charge in [0, 0.05) is 11.1 Å². The molecule has 1 aromatic heterocycles. The second-order valence-electron chi connectivity index (χ2n) is 5.00. The number of nitrogens with zero attached hydrogens (tertiary/aromatic N) is 1. The van der Waals surface area contributed by atoms with Gasteiger partial charge in [0.2, 0.25) is 0 Å². The fourth-order valence-corrected chi connectivity index (χ4v) is 2.49. The van der Waals surface area contributed by atoms with Crippen LogP contribution >= 0.6 is 11.6 Å². The Hall–Kier alpha value is -2.00. The van der Waals surface area contributed by atoms with E-state index in [1.54, 1.807) is 16.7 Å². The summed E-state index contributed by atoms with van der Waals surface area (Å²) in [4.78, 5) is 12.0. The first-order valence-electron chi connectivity index (χ1n) is 6.39. The van der Waals surface area contributed by atoms with Gasteiger partial charge in [-0.25, -0.2) is 4.79 Å². The molecular weight excluding hydrogens is 274 g/mol. The van der Waals surface area contributed by atoms with E-state index in [1.807, 2.05) is 19.9 Å². The lowest BCUT2D eigenvalue weighted by Gasteiger charge is -2.07. The number of aromatic nitrogens is 1. The highest BCUT2D eigenvalue weighted by Crippen LogP contribution is 2.20. The molecule has 1 heterocycles. The molecule has 0 amide bonds. The Morgan fingerprint density at radius 1 is 1.15 bits per heavy atom. The first-order chi connectivity index (χ1) is 9.54. The van der Waals surface area contributed by atoms with Crippen molar-refractivity contribution in [2.45, 2.75) is 20.4 Å². The Morgan fingerprint density at radius 3 is 2.75 bits per heavy atom. The van der Waals surface area contributed by atoms with Crippen molar-refractivity contribution in [2.75, 3.05) is 0 Å². The summed E-state index contributed by atoms with van der Waals surface area (Å²) in [7, 11) is 0. The number of hydrogen-bond donors (Lipinski definition) is 0. The summed E-state index contributed by atoms with van der Waals surface area (Å²) >= 11 is 5.92. The van der Waals surface area contributed by atoms with Crippen molar-refractivity contribution >= 4 is 22.7 Å². The van der Waals surface area contributed by atoms with Crippen LogP contribution < -0.4 is 5.76 Å². The standard InChI is InChI=1S/C16H14ClNO2/c1-10-3-4-11(2)12(7-10)9-18-14-6-5-13(17)8-15(14)20-16(18)19/h3-8H,9H2,1-2H3. The van der Waals surface area contributed by atoms with Gasteiger partial charge in [0.05, 0.1) is 12.1 Å². The molecule has 0 aliphatic heterocycles. The smallest absolute Gasteiger partial charge is 0.408 e. The summed E-state index contributed by atoms with van der Waals surface area (Å²) in [6, 6.07) is 11.5. The SMILES string of the molecule is Cc1ccc(C)c(Cn2c(=O)oc3cc(Cl)ccc32)c1. The van der Waals surface area contributed by atoms with Gasteiger partial charge in [-0.1, -0.05) is 35.4 Å². The van der Waals surface area contributed by atoms with Crippen LogP contribution in [0.25, 0.3) is 11.1 Å². The van der Waals surface area contributed by atoms with E-state index >= 15 is 0 Å². The van der Waals surface area contributed by atoms with Crippen molar-refractivity contribution < 1.29 is 4.42 Å². The van der Waals surface area contributed by atoms with E-state index in [9.17, 15) is 4.79 Å². The number of benzene rings is 2. The fourth-order valence-electron chi connectivity index (χ4n) is 2.33. The zero-order valence-corrected chi connectivity index (χ0v) is 12.1. The van der Waals surface area contributed by atoms with Gasteiger partial charge in [-0.15, -0.1) is 0 Å². The number of aryl methyl sites for hydroxylation is 2. The van der Waals surface area contributed by atoms with Gasteiger partial charge in [0.25, 0.3) is 0 Å². The van der Waals surface area contributed by atoms with Gasteiger partial charge in [0.1, 0.15) is 0 Å². The molecule has 0 atom stereocenters. The second kappa shape index (κ2) is 4.84. The van der Waals surface area contributed by atoms with Gasteiger partial charge in [0.15, 0.2) is 5.58 Å². The fraction of sp³-hybridized carbons (Fsp3) is 0.188. The van der Waals surface area contributed by atoms with Crippen LogP contribution in [0.4, 0.5) is 0 Å². The van der Waals surface area contributed by atoms with Crippen molar-refractivity contribution in [1.29, 1.82) is 0 Å². The predicted octanol–water partition coefficient (Wildman–Crippen LogP) is 3.91. The summed E-state index contributed by atoms with van der Waals surface area (Å²) in [6.45, 7) is 4.58. The highest BCUT2D eigenvalue weighted by Gasteiger charge is 2.11. The van der Waals surface area contributed by atoms with Crippen LogP contribution in [-0.2, 0) is 6.54 Å². The summed E-state index contributed by atoms with van der Waals surface area (Å²) in [5, 5.41) is 0.560. The Labute approximate surface area is 121 Å². The molecule has 4 heteroatoms. The maximum absolute atomic E-state index is 12.0. The average Bonchev–Trinajstić information content (AvgIpc) is 2.69. The average molecular weight is 288 g/mol. The van der Waals surface area contributed by atoms with Crippen molar-refractivity contribution in [3.05, 3.63) is 68.7 Å². The molecule has 102 valence electrons. The highest BCUT2D eigenvalue weighted by molar-refractivity contribution is 6.31. The van der Waals surface area contributed by atoms with Gasteiger partial charge >= 0.3 is 5.76 Å². The minimum Gasteiger partial charge on any atom is -0.408 e. The van der Waals surface area contributed by atoms with Crippen LogP contribution in [0.15, 0.2) is 45.6 Å². The van der Waals surface area contributed by atoms with E-state index in [-0.39, 0.29) is 5.76 Å². The number of halogens is 1. The summed E-state index contributed by atoms with van der Waals surface area (Å²) in [6.07, 6.45) is 0. The molecule has 0 bridgehead atoms. The van der Waals surface area contributed by atoms with Crippen molar-refractivity contribution in [2.24, 2.45) is 0 Å². The largest absolute Gasteiger partial charge is 0.420 e. The zero-order chi connectivity index (χ0) is 14.3. The Morgan fingerprint density at radius 2 is 1.95 bits per heavy atom. The first kappa shape index (κ1) is 13.0. The third-order valence-corrected chi connectivity index (χ3v) is 3.70. The number of fused-ring (bicyclic) bond motifs is 1. The third-order valence-electron chi connectivity index (χ3n) is 3.46. The summed E-state index contributed by atoms with van der Waals surface area (Å²) in [5.41, 5.74) is 4.73. The van der Waals surface area contributed by atoms with Gasteiger partial charge < -0.3 is 4.42 Å². The van der Waals surface area contributed by atoms with Crippen LogP contribution in [0, 0.1) is 13.8 Å². The third kappa shape index (κ3) is 2.25. The van der Waals surface area contributed by atoms with E-state index in [1.165, 1.54) is 5.56 Å². The minimum absolute atomic E-state index is 0.358. The highest BCUT2D eigenvalue weighted by atomic mass is 35.5. The van der Waals surface area contributed by atoms with Crippen LogP contribution in [0.5, 0.6) is 0 Å². The lowest BCUT2D eigenvalue weighted by atomic mass is 10.1. The van der Waals surface area contributed by atoms with Gasteiger partial charge in [-0.3, -0.25) is 4.57 Å². The Kier molecular flexibility index (Phi) is 3.14. The summed E-state index contributed by atoms with van der Waals surface area (Å²) in [5.74, 6) is -0.358. The monoisotopic (exact) mass is 287 g/mol. The normalized spacial score (nSPS) is 11.2. The van der Waals surface area contributed by atoms with Crippen molar-refractivity contribution in [1.82, 2.24) is 4.57 Å². The van der Waals surface area contributed by atoms with Gasteiger partial charge in [-0.2, -0.15) is 0 Å². The molecule has 0 spiro atoms. The molecule has 0 unspecified atom stereocenters. The topological polar surface area (TPSA) is 35.1 Å². The summed E-state index contributed by atoms with van der Waals surface area (Å²) < 4.78 is 6.88. The Balaban J connectivity index is 2.13. The predicted molar refractivity (Wildman–Crippen MR) is 80.5 cm³/mol. The van der Waals surface area contributed by atoms with E-state index in [0.717, 1.165) is 16.6 Å². The van der Waals surface area contributed by atoms with E-state index in [4.69, 9.17) is 16.0 Å². The molecule has 20 heavy (non-hydrogen) atoms. The van der Waals surface area contributed by atoms with Crippen LogP contribution in [-0.4, -0.2) is 4.57 Å². The molecule has 0 saturated heterocycles. The van der Waals surface area contributed by atoms with E-state index < -0.39 is 0 Å². The molecule has 0 aliphatic rings. The molecule has 0 saturated carbocycles. The van der Waals surface area contributed by atoms with Crippen LogP contribution in [0.3, 0.4) is 0 Å². The maximum Gasteiger partial charge on any atom is 0.420 e. The number of oxazole rings is 1. The van der Waals surface area contributed by atoms with Crippen molar-refractivity contribution in [3.8, 4) is 0 Å². The zero-order valence-electron chi connectivity index (χ0n) is 11.3. The van der Waals surface area contributed by atoms with Crippen LogP contribution in [0.1, 0.15) is 16.7 Å². The molecule has 3 rings (SSSR count). The van der Waals surface area contributed by atoms with Gasteiger partial charge in [-0.05, 0) is 37.1 Å². The Bertz CT molecular complexity index is 845. The maximum atomic E-state index is 12.0.